The Morgan fingerprint density at radius 3 is 2.83 bits per heavy atom. The van der Waals surface area contributed by atoms with E-state index in [1.807, 2.05) is 0 Å². The molecule has 6 nitrogen and oxygen atoms in total. The molecule has 0 radical (unpaired) electrons. The summed E-state index contributed by atoms with van der Waals surface area (Å²) in [5.41, 5.74) is 0.747. The lowest BCUT2D eigenvalue weighted by atomic mass is 9.89. The highest BCUT2D eigenvalue weighted by Gasteiger charge is 2.27. The number of benzene rings is 1. The lowest BCUT2D eigenvalue weighted by Crippen LogP contribution is -2.38. The summed E-state index contributed by atoms with van der Waals surface area (Å²) in [6.07, 6.45) is 1.19. The molecule has 0 unspecified atom stereocenters. The van der Waals surface area contributed by atoms with E-state index in [4.69, 9.17) is 4.74 Å². The maximum absolute atomic E-state index is 10.8. The zero-order valence-corrected chi connectivity index (χ0v) is 10.1. The minimum Gasteiger partial charge on any atom is -0.487 e. The van der Waals surface area contributed by atoms with E-state index in [1.165, 1.54) is 6.07 Å². The molecular weight excluding hydrogens is 236 g/mol. The van der Waals surface area contributed by atoms with Crippen LogP contribution in [0.2, 0.25) is 0 Å². The minimum absolute atomic E-state index is 0.0314. The van der Waals surface area contributed by atoms with Crippen molar-refractivity contribution in [3.63, 3.8) is 0 Å². The molecule has 0 aliphatic heterocycles. The quantitative estimate of drug-likeness (QED) is 0.617. The molecule has 0 atom stereocenters. The average Bonchev–Trinajstić information content (AvgIpc) is 2.27. The Hall–Kier alpha value is -1.82. The van der Waals surface area contributed by atoms with Crippen molar-refractivity contribution in [2.24, 2.45) is 0 Å². The first kappa shape index (κ1) is 12.6. The number of nitrogens with zero attached hydrogens (tertiary/aromatic N) is 1. The van der Waals surface area contributed by atoms with Gasteiger partial charge >= 0.3 is 5.69 Å². The van der Waals surface area contributed by atoms with Gasteiger partial charge in [0.15, 0.2) is 5.75 Å². The summed E-state index contributed by atoms with van der Waals surface area (Å²) in [6.45, 7) is 2.17. The second-order valence-corrected chi connectivity index (χ2v) is 4.34. The molecule has 0 saturated heterocycles. The van der Waals surface area contributed by atoms with Crippen LogP contribution in [0.15, 0.2) is 18.2 Å². The van der Waals surface area contributed by atoms with E-state index in [0.29, 0.717) is 19.4 Å². The minimum atomic E-state index is -0.456. The molecule has 0 bridgehead atoms. The molecule has 2 rings (SSSR count). The smallest absolute Gasteiger partial charge is 0.311 e. The number of aliphatic hydroxyl groups is 1. The second-order valence-electron chi connectivity index (χ2n) is 4.34. The van der Waals surface area contributed by atoms with Gasteiger partial charge in [-0.2, -0.15) is 0 Å². The van der Waals surface area contributed by atoms with E-state index in [0.717, 1.165) is 5.69 Å². The van der Waals surface area contributed by atoms with Crippen LogP contribution in [-0.2, 0) is 0 Å². The average molecular weight is 252 g/mol. The number of hydrogen-bond acceptors (Lipinski definition) is 5. The van der Waals surface area contributed by atoms with Crippen molar-refractivity contribution in [2.45, 2.75) is 31.9 Å². The molecule has 1 aromatic carbocycles. The highest BCUT2D eigenvalue weighted by molar-refractivity contribution is 5.58. The van der Waals surface area contributed by atoms with Crippen molar-refractivity contribution in [1.29, 1.82) is 0 Å². The molecule has 1 aliphatic rings. The van der Waals surface area contributed by atoms with Gasteiger partial charge in [-0.3, -0.25) is 10.1 Å². The molecule has 0 amide bonds. The molecule has 2 N–H and O–H groups in total. The summed E-state index contributed by atoms with van der Waals surface area (Å²) in [7, 11) is 0. The van der Waals surface area contributed by atoms with Gasteiger partial charge in [-0.1, -0.05) is 0 Å². The zero-order chi connectivity index (χ0) is 13.1. The number of hydrogen-bond donors (Lipinski definition) is 2. The summed E-state index contributed by atoms with van der Waals surface area (Å²) in [6, 6.07) is 4.95. The van der Waals surface area contributed by atoms with Gasteiger partial charge in [0, 0.05) is 23.9 Å². The highest BCUT2D eigenvalue weighted by atomic mass is 16.6. The first-order valence-corrected chi connectivity index (χ1v) is 5.96. The van der Waals surface area contributed by atoms with Crippen LogP contribution in [0.5, 0.6) is 5.75 Å². The molecule has 6 heteroatoms. The van der Waals surface area contributed by atoms with Crippen LogP contribution in [-0.4, -0.2) is 28.8 Å². The number of rotatable bonds is 5. The van der Waals surface area contributed by atoms with Gasteiger partial charge in [-0.05, 0) is 25.8 Å². The van der Waals surface area contributed by atoms with Gasteiger partial charge < -0.3 is 15.2 Å². The van der Waals surface area contributed by atoms with Gasteiger partial charge in [-0.25, -0.2) is 0 Å². The molecule has 98 valence electrons. The van der Waals surface area contributed by atoms with Crippen molar-refractivity contribution < 1.29 is 14.8 Å². The van der Waals surface area contributed by atoms with Crippen LogP contribution >= 0.6 is 0 Å². The summed E-state index contributed by atoms with van der Waals surface area (Å²) >= 11 is 0. The van der Waals surface area contributed by atoms with Crippen molar-refractivity contribution >= 4 is 11.4 Å². The Morgan fingerprint density at radius 2 is 2.28 bits per heavy atom. The molecule has 18 heavy (non-hydrogen) atoms. The van der Waals surface area contributed by atoms with Gasteiger partial charge in [0.2, 0.25) is 0 Å². The first-order valence-electron chi connectivity index (χ1n) is 5.96. The van der Waals surface area contributed by atoms with Crippen molar-refractivity contribution in [1.82, 2.24) is 0 Å². The molecule has 0 spiro atoms. The first-order chi connectivity index (χ1) is 8.60. The third-order valence-corrected chi connectivity index (χ3v) is 2.94. The van der Waals surface area contributed by atoms with Gasteiger partial charge in [0.1, 0.15) is 0 Å². The van der Waals surface area contributed by atoms with Crippen LogP contribution in [0.3, 0.4) is 0 Å². The van der Waals surface area contributed by atoms with Crippen LogP contribution in [0.4, 0.5) is 11.4 Å². The van der Waals surface area contributed by atoms with Gasteiger partial charge in [0.05, 0.1) is 17.6 Å². The Morgan fingerprint density at radius 1 is 1.56 bits per heavy atom. The van der Waals surface area contributed by atoms with E-state index in [2.05, 4.69) is 5.32 Å². The normalized spacial score (nSPS) is 22.1. The number of nitro groups is 1. The fourth-order valence-corrected chi connectivity index (χ4v) is 1.97. The van der Waals surface area contributed by atoms with E-state index >= 15 is 0 Å². The van der Waals surface area contributed by atoms with E-state index in [-0.39, 0.29) is 23.6 Å². The summed E-state index contributed by atoms with van der Waals surface area (Å²) in [5, 5.41) is 23.2. The fourth-order valence-electron chi connectivity index (χ4n) is 1.97. The standard InChI is InChI=1S/C12H16N2O4/c1-2-18-12-7-8(3-4-11(12)14(16)17)13-9-5-10(15)6-9/h3-4,7,9-10,13,15H,2,5-6H2,1H3. The molecule has 0 aromatic heterocycles. The van der Waals surface area contributed by atoms with Crippen LogP contribution in [0.25, 0.3) is 0 Å². The van der Waals surface area contributed by atoms with E-state index < -0.39 is 4.92 Å². The summed E-state index contributed by atoms with van der Waals surface area (Å²) < 4.78 is 5.26. The van der Waals surface area contributed by atoms with Gasteiger partial charge in [-0.15, -0.1) is 0 Å². The third-order valence-electron chi connectivity index (χ3n) is 2.94. The molecule has 0 heterocycles. The Kier molecular flexibility index (Phi) is 3.66. The highest BCUT2D eigenvalue weighted by Crippen LogP contribution is 2.32. The number of ether oxygens (including phenoxy) is 1. The molecule has 1 aromatic rings. The van der Waals surface area contributed by atoms with Gasteiger partial charge in [0.25, 0.3) is 0 Å². The Balaban J connectivity index is 2.12. The number of nitrogens with one attached hydrogen (secondary N) is 1. The maximum atomic E-state index is 10.8. The van der Waals surface area contributed by atoms with Crippen molar-refractivity contribution in [2.75, 3.05) is 11.9 Å². The fraction of sp³-hybridized carbons (Fsp3) is 0.500. The van der Waals surface area contributed by atoms with E-state index in [9.17, 15) is 15.2 Å². The number of nitro benzene ring substituents is 1. The topological polar surface area (TPSA) is 84.6 Å². The van der Waals surface area contributed by atoms with E-state index in [1.54, 1.807) is 19.1 Å². The molecular formula is C12H16N2O4. The van der Waals surface area contributed by atoms with Crippen LogP contribution < -0.4 is 10.1 Å². The third kappa shape index (κ3) is 2.70. The largest absolute Gasteiger partial charge is 0.487 e. The van der Waals surface area contributed by atoms with Crippen LogP contribution in [0.1, 0.15) is 19.8 Å². The Bertz CT molecular complexity index is 444. The summed E-state index contributed by atoms with van der Waals surface area (Å²) in [5.74, 6) is 0.271. The monoisotopic (exact) mass is 252 g/mol. The Labute approximate surface area is 105 Å². The summed E-state index contributed by atoms with van der Waals surface area (Å²) in [4.78, 5) is 10.4. The predicted molar refractivity (Wildman–Crippen MR) is 66.9 cm³/mol. The van der Waals surface area contributed by atoms with Crippen molar-refractivity contribution in [3.8, 4) is 5.75 Å². The second kappa shape index (κ2) is 5.22. The molecule has 1 saturated carbocycles. The van der Waals surface area contributed by atoms with Crippen LogP contribution in [0, 0.1) is 10.1 Å². The lowest BCUT2D eigenvalue weighted by molar-refractivity contribution is -0.385. The molecule has 1 aliphatic carbocycles. The lowest BCUT2D eigenvalue weighted by Gasteiger charge is -2.32. The zero-order valence-electron chi connectivity index (χ0n) is 10.1. The predicted octanol–water partition coefficient (Wildman–Crippen LogP) is 1.93. The molecule has 1 fully saturated rings. The van der Waals surface area contributed by atoms with Crippen molar-refractivity contribution in [3.05, 3.63) is 28.3 Å². The number of anilines is 1. The number of aliphatic hydroxyl groups excluding tert-OH is 1. The maximum Gasteiger partial charge on any atom is 0.311 e. The SMILES string of the molecule is CCOc1cc(NC2CC(O)C2)ccc1[N+](=O)[O-].